The molecule has 0 aliphatic carbocycles. The number of thiazole rings is 1. The molecule has 3 rings (SSSR count). The third-order valence-electron chi connectivity index (χ3n) is 4.43. The van der Waals surface area contributed by atoms with Crippen molar-refractivity contribution >= 4 is 32.6 Å². The Morgan fingerprint density at radius 2 is 2.04 bits per heavy atom. The van der Waals surface area contributed by atoms with Crippen LogP contribution in [0.15, 0.2) is 18.2 Å². The largest absolute Gasteiger partial charge is 0.355 e. The molecule has 1 amide bonds. The maximum absolute atomic E-state index is 11.6. The molecule has 5 nitrogen and oxygen atoms in total. The maximum atomic E-state index is 11.6. The Kier molecular flexibility index (Phi) is 5.36. The monoisotopic (exact) mass is 346 g/mol. The van der Waals surface area contributed by atoms with Crippen LogP contribution in [-0.2, 0) is 4.79 Å². The van der Waals surface area contributed by atoms with E-state index in [4.69, 9.17) is 4.98 Å². The summed E-state index contributed by atoms with van der Waals surface area (Å²) in [4.78, 5) is 21.2. The molecule has 1 N–H and O–H groups in total. The van der Waals surface area contributed by atoms with Crippen LogP contribution in [0.25, 0.3) is 10.2 Å². The predicted octanol–water partition coefficient (Wildman–Crippen LogP) is 2.50. The topological polar surface area (TPSA) is 48.5 Å². The average molecular weight is 347 g/mol. The summed E-state index contributed by atoms with van der Waals surface area (Å²) in [5.41, 5.74) is 2.38. The second-order valence-corrected chi connectivity index (χ2v) is 7.75. The van der Waals surface area contributed by atoms with Gasteiger partial charge >= 0.3 is 0 Å². The third-order valence-corrected chi connectivity index (χ3v) is 5.51. The van der Waals surface area contributed by atoms with Crippen molar-refractivity contribution in [3.05, 3.63) is 23.8 Å². The van der Waals surface area contributed by atoms with Crippen LogP contribution in [0.4, 0.5) is 5.13 Å². The van der Waals surface area contributed by atoms with E-state index in [0.717, 1.165) is 49.9 Å². The summed E-state index contributed by atoms with van der Waals surface area (Å²) in [6.45, 7) is 11.7. The Labute approximate surface area is 147 Å². The number of carbonyl (C=O) groups excluding carboxylic acids is 1. The number of carbonyl (C=O) groups is 1. The zero-order valence-electron chi connectivity index (χ0n) is 14.7. The van der Waals surface area contributed by atoms with Crippen LogP contribution in [0, 0.1) is 12.8 Å². The number of fused-ring (bicyclic) bond motifs is 1. The SMILES string of the molecule is Cc1ccc2nc(N3CCN(CCNC(=O)C(C)C)CC3)sc2c1. The Bertz CT molecular complexity index is 704. The predicted molar refractivity (Wildman–Crippen MR) is 101 cm³/mol. The first-order valence-corrected chi connectivity index (χ1v) is 9.47. The highest BCUT2D eigenvalue weighted by atomic mass is 32.1. The first-order chi connectivity index (χ1) is 11.5. The zero-order valence-corrected chi connectivity index (χ0v) is 15.5. The molecule has 2 aromatic rings. The minimum Gasteiger partial charge on any atom is -0.355 e. The first kappa shape index (κ1) is 17.2. The second kappa shape index (κ2) is 7.49. The van der Waals surface area contributed by atoms with Crippen molar-refractivity contribution in [3.8, 4) is 0 Å². The van der Waals surface area contributed by atoms with E-state index in [1.54, 1.807) is 11.3 Å². The van der Waals surface area contributed by atoms with Gasteiger partial charge in [-0.1, -0.05) is 31.3 Å². The van der Waals surface area contributed by atoms with Gasteiger partial charge in [-0.25, -0.2) is 4.98 Å². The molecular formula is C18H26N4OS. The number of nitrogens with zero attached hydrogens (tertiary/aromatic N) is 3. The molecule has 1 fully saturated rings. The number of aryl methyl sites for hydroxylation is 1. The van der Waals surface area contributed by atoms with Gasteiger partial charge in [0.15, 0.2) is 5.13 Å². The molecule has 0 radical (unpaired) electrons. The molecule has 1 aromatic heterocycles. The summed E-state index contributed by atoms with van der Waals surface area (Å²) in [6.07, 6.45) is 0. The third kappa shape index (κ3) is 4.05. The van der Waals surface area contributed by atoms with Gasteiger partial charge in [0.25, 0.3) is 0 Å². The molecule has 24 heavy (non-hydrogen) atoms. The fourth-order valence-electron chi connectivity index (χ4n) is 2.86. The van der Waals surface area contributed by atoms with Crippen LogP contribution in [0.3, 0.4) is 0 Å². The maximum Gasteiger partial charge on any atom is 0.222 e. The number of piperazine rings is 1. The van der Waals surface area contributed by atoms with Crippen LogP contribution >= 0.6 is 11.3 Å². The standard InChI is InChI=1S/C18H26N4OS/c1-13(2)17(23)19-6-7-21-8-10-22(11-9-21)18-20-15-5-4-14(3)12-16(15)24-18/h4-5,12-13H,6-11H2,1-3H3,(H,19,23). The lowest BCUT2D eigenvalue weighted by atomic mass is 10.2. The van der Waals surface area contributed by atoms with Crippen molar-refractivity contribution in [3.63, 3.8) is 0 Å². The van der Waals surface area contributed by atoms with Crippen molar-refractivity contribution in [2.45, 2.75) is 20.8 Å². The lowest BCUT2D eigenvalue weighted by Gasteiger charge is -2.34. The van der Waals surface area contributed by atoms with Gasteiger partial charge in [-0.3, -0.25) is 9.69 Å². The minimum atomic E-state index is 0.0597. The molecule has 1 saturated heterocycles. The second-order valence-electron chi connectivity index (χ2n) is 6.74. The highest BCUT2D eigenvalue weighted by Gasteiger charge is 2.19. The number of amides is 1. The molecule has 6 heteroatoms. The van der Waals surface area contributed by atoms with Crippen molar-refractivity contribution < 1.29 is 4.79 Å². The van der Waals surface area contributed by atoms with Gasteiger partial charge in [0.05, 0.1) is 10.2 Å². The van der Waals surface area contributed by atoms with E-state index in [1.807, 2.05) is 13.8 Å². The molecule has 0 bridgehead atoms. The average Bonchev–Trinajstić information content (AvgIpc) is 2.98. The molecule has 0 saturated carbocycles. The normalized spacial score (nSPS) is 16.1. The number of hydrogen-bond acceptors (Lipinski definition) is 5. The molecule has 1 aromatic carbocycles. The summed E-state index contributed by atoms with van der Waals surface area (Å²) in [7, 11) is 0. The van der Waals surface area contributed by atoms with Crippen LogP contribution in [0.1, 0.15) is 19.4 Å². The summed E-state index contributed by atoms with van der Waals surface area (Å²) in [6, 6.07) is 6.44. The van der Waals surface area contributed by atoms with Crippen LogP contribution in [-0.4, -0.2) is 55.1 Å². The zero-order chi connectivity index (χ0) is 17.1. The van der Waals surface area contributed by atoms with Gasteiger partial charge in [-0.05, 0) is 24.6 Å². The fraction of sp³-hybridized carbons (Fsp3) is 0.556. The fourth-order valence-corrected chi connectivity index (χ4v) is 3.97. The molecule has 0 atom stereocenters. The van der Waals surface area contributed by atoms with Gasteiger partial charge in [-0.15, -0.1) is 0 Å². The van der Waals surface area contributed by atoms with Gasteiger partial charge in [-0.2, -0.15) is 0 Å². The Morgan fingerprint density at radius 1 is 1.29 bits per heavy atom. The van der Waals surface area contributed by atoms with Crippen molar-refractivity contribution in [2.75, 3.05) is 44.2 Å². The molecule has 2 heterocycles. The van der Waals surface area contributed by atoms with Gasteiger partial charge < -0.3 is 10.2 Å². The van der Waals surface area contributed by atoms with E-state index in [1.165, 1.54) is 10.3 Å². The highest BCUT2D eigenvalue weighted by Crippen LogP contribution is 2.29. The molecule has 1 aliphatic heterocycles. The lowest BCUT2D eigenvalue weighted by molar-refractivity contribution is -0.124. The number of aromatic nitrogens is 1. The van der Waals surface area contributed by atoms with E-state index in [-0.39, 0.29) is 11.8 Å². The molecule has 130 valence electrons. The quantitative estimate of drug-likeness (QED) is 0.904. The molecular weight excluding hydrogens is 320 g/mol. The van der Waals surface area contributed by atoms with E-state index in [0.29, 0.717) is 0 Å². The van der Waals surface area contributed by atoms with Crippen LogP contribution < -0.4 is 10.2 Å². The molecule has 0 unspecified atom stereocenters. The number of nitrogens with one attached hydrogen (secondary N) is 1. The summed E-state index contributed by atoms with van der Waals surface area (Å²) >= 11 is 1.78. The van der Waals surface area contributed by atoms with Crippen molar-refractivity contribution in [1.29, 1.82) is 0 Å². The number of anilines is 1. The van der Waals surface area contributed by atoms with Crippen molar-refractivity contribution in [2.24, 2.45) is 5.92 Å². The summed E-state index contributed by atoms with van der Waals surface area (Å²) in [5, 5.41) is 4.12. The Balaban J connectivity index is 1.50. The minimum absolute atomic E-state index is 0.0597. The summed E-state index contributed by atoms with van der Waals surface area (Å²) < 4.78 is 1.27. The van der Waals surface area contributed by atoms with E-state index in [2.05, 4.69) is 40.2 Å². The number of rotatable bonds is 5. The Morgan fingerprint density at radius 3 is 2.75 bits per heavy atom. The van der Waals surface area contributed by atoms with E-state index < -0.39 is 0 Å². The van der Waals surface area contributed by atoms with Gasteiger partial charge in [0.1, 0.15) is 0 Å². The van der Waals surface area contributed by atoms with Gasteiger partial charge in [0.2, 0.25) is 5.91 Å². The Hall–Kier alpha value is -1.66. The van der Waals surface area contributed by atoms with Crippen LogP contribution in [0.2, 0.25) is 0 Å². The smallest absolute Gasteiger partial charge is 0.222 e. The highest BCUT2D eigenvalue weighted by molar-refractivity contribution is 7.22. The lowest BCUT2D eigenvalue weighted by Crippen LogP contribution is -2.48. The van der Waals surface area contributed by atoms with E-state index in [9.17, 15) is 4.79 Å². The van der Waals surface area contributed by atoms with Gasteiger partial charge in [0, 0.05) is 45.2 Å². The number of benzene rings is 1. The van der Waals surface area contributed by atoms with Crippen molar-refractivity contribution in [1.82, 2.24) is 15.2 Å². The molecule has 0 spiro atoms. The first-order valence-electron chi connectivity index (χ1n) is 8.65. The number of hydrogen-bond donors (Lipinski definition) is 1. The summed E-state index contributed by atoms with van der Waals surface area (Å²) in [5.74, 6) is 0.197. The van der Waals surface area contributed by atoms with Crippen LogP contribution in [0.5, 0.6) is 0 Å². The van der Waals surface area contributed by atoms with E-state index >= 15 is 0 Å². The molecule has 1 aliphatic rings.